The van der Waals surface area contributed by atoms with Crippen LogP contribution in [0.15, 0.2) is 22.5 Å². The number of primary amides is 1. The lowest BCUT2D eigenvalue weighted by atomic mass is 9.82. The minimum absolute atomic E-state index is 0.0240. The molecule has 0 radical (unpaired) electrons. The number of Topliss-reactive ketones (excluding diaryl/α,β-unsaturated/α-hetero) is 2. The van der Waals surface area contributed by atoms with E-state index >= 15 is 0 Å². The summed E-state index contributed by atoms with van der Waals surface area (Å²) in [5, 5.41) is 0.449. The maximum Gasteiger partial charge on any atom is 0.404 e. The van der Waals surface area contributed by atoms with E-state index in [9.17, 15) is 33.6 Å². The lowest BCUT2D eigenvalue weighted by molar-refractivity contribution is -0.197. The highest BCUT2D eigenvalue weighted by Crippen LogP contribution is 2.59. The Hall–Kier alpha value is -4.27. The Balaban J connectivity index is 1.30. The molecule has 0 saturated carbocycles. The lowest BCUT2D eigenvalue weighted by Crippen LogP contribution is -2.56. The molecule has 0 bridgehead atoms. The molecule has 4 amide bonds. The zero-order valence-electron chi connectivity index (χ0n) is 21.3. The minimum Gasteiger partial charge on any atom is -0.449 e. The highest BCUT2D eigenvalue weighted by atomic mass is 16.7. The number of nitrogens with zero attached hydrogens (tertiary/aromatic N) is 3. The van der Waals surface area contributed by atoms with Crippen LogP contribution in [0.3, 0.4) is 0 Å². The maximum absolute atomic E-state index is 13.2. The van der Waals surface area contributed by atoms with Crippen LogP contribution in [0.25, 0.3) is 0 Å². The molecule has 3 fully saturated rings. The van der Waals surface area contributed by atoms with E-state index in [0.29, 0.717) is 5.06 Å². The summed E-state index contributed by atoms with van der Waals surface area (Å²) in [4.78, 5) is 94.3. The van der Waals surface area contributed by atoms with E-state index in [1.165, 1.54) is 14.0 Å². The lowest BCUT2D eigenvalue weighted by Gasteiger charge is -2.41. The molecule has 15 nitrogen and oxygen atoms in total. The first-order chi connectivity index (χ1) is 18.4. The number of ketones is 2. The molecule has 208 valence electrons. The van der Waals surface area contributed by atoms with Gasteiger partial charge in [0, 0.05) is 50.5 Å². The summed E-state index contributed by atoms with van der Waals surface area (Å²) in [7, 11) is 1.38. The molecule has 39 heavy (non-hydrogen) atoms. The number of ether oxygens (including phenoxy) is 2. The fraction of sp³-hybridized carbons (Fsp3) is 0.542. The van der Waals surface area contributed by atoms with E-state index in [4.69, 9.17) is 25.8 Å². The number of fused-ring (bicyclic) bond motifs is 4. The molecule has 15 heteroatoms. The van der Waals surface area contributed by atoms with Gasteiger partial charge in [0.25, 0.3) is 11.8 Å². The van der Waals surface area contributed by atoms with Crippen LogP contribution in [-0.4, -0.2) is 94.3 Å². The van der Waals surface area contributed by atoms with Gasteiger partial charge in [0.15, 0.2) is 5.72 Å². The van der Waals surface area contributed by atoms with Crippen molar-refractivity contribution < 1.29 is 47.9 Å². The molecule has 4 heterocycles. The molecule has 0 aromatic heterocycles. The highest BCUT2D eigenvalue weighted by Gasteiger charge is 2.77. The van der Waals surface area contributed by atoms with Gasteiger partial charge in [-0.1, -0.05) is 0 Å². The van der Waals surface area contributed by atoms with Gasteiger partial charge < -0.3 is 35.6 Å². The summed E-state index contributed by atoms with van der Waals surface area (Å²) < 4.78 is 11.0. The Morgan fingerprint density at radius 3 is 2.33 bits per heavy atom. The monoisotopic (exact) mass is 545 g/mol. The average molecular weight is 546 g/mol. The summed E-state index contributed by atoms with van der Waals surface area (Å²) in [6.07, 6.45) is -1.30. The van der Waals surface area contributed by atoms with E-state index in [1.807, 2.05) is 0 Å². The van der Waals surface area contributed by atoms with Crippen LogP contribution in [0.5, 0.6) is 0 Å². The molecule has 5 aliphatic rings. The molecule has 5 rings (SSSR count). The molecule has 0 aromatic rings. The predicted molar refractivity (Wildman–Crippen MR) is 125 cm³/mol. The third kappa shape index (κ3) is 3.78. The zero-order valence-corrected chi connectivity index (χ0v) is 21.3. The maximum atomic E-state index is 13.2. The van der Waals surface area contributed by atoms with Crippen molar-refractivity contribution >= 4 is 41.4 Å². The van der Waals surface area contributed by atoms with Crippen LogP contribution in [0, 0.1) is 5.92 Å². The van der Waals surface area contributed by atoms with Gasteiger partial charge >= 0.3 is 12.1 Å². The molecule has 3 saturated heterocycles. The van der Waals surface area contributed by atoms with E-state index in [-0.39, 0.29) is 79.7 Å². The summed E-state index contributed by atoms with van der Waals surface area (Å²) in [6, 6.07) is -0.947. The second-order valence-corrected chi connectivity index (χ2v) is 9.92. The fourth-order valence-electron chi connectivity index (χ4n) is 6.14. The molecule has 4 aliphatic heterocycles. The van der Waals surface area contributed by atoms with E-state index < -0.39 is 53.1 Å². The minimum atomic E-state index is -1.38. The Bertz CT molecular complexity index is 1290. The molecule has 0 spiro atoms. The van der Waals surface area contributed by atoms with Crippen molar-refractivity contribution in [2.75, 3.05) is 20.3 Å². The van der Waals surface area contributed by atoms with Crippen molar-refractivity contribution in [3.05, 3.63) is 22.5 Å². The van der Waals surface area contributed by atoms with Gasteiger partial charge in [-0.15, -0.1) is 5.06 Å². The number of hydroxylamine groups is 2. The number of imide groups is 1. The first-order valence-electron chi connectivity index (χ1n) is 12.4. The quantitative estimate of drug-likeness (QED) is 0.200. The average Bonchev–Trinajstić information content (AvgIpc) is 3.24. The van der Waals surface area contributed by atoms with Crippen LogP contribution in [0.1, 0.15) is 39.0 Å². The number of allylic oxidation sites excluding steroid dienone is 2. The van der Waals surface area contributed by atoms with Crippen LogP contribution >= 0.6 is 0 Å². The largest absolute Gasteiger partial charge is 0.449 e. The van der Waals surface area contributed by atoms with E-state index in [2.05, 4.69) is 0 Å². The second-order valence-electron chi connectivity index (χ2n) is 9.92. The Kier molecular flexibility index (Phi) is 6.20. The van der Waals surface area contributed by atoms with Gasteiger partial charge in [-0.3, -0.25) is 24.0 Å². The van der Waals surface area contributed by atoms with Gasteiger partial charge in [0.05, 0.1) is 23.4 Å². The first kappa shape index (κ1) is 26.3. The summed E-state index contributed by atoms with van der Waals surface area (Å²) in [6.45, 7) is 1.26. The molecule has 4 atom stereocenters. The number of piperazine rings is 1. The summed E-state index contributed by atoms with van der Waals surface area (Å²) in [5.74, 6) is -4.29. The number of hydrogen-bond acceptors (Lipinski definition) is 12. The number of hydrogen-bond donors (Lipinski definition) is 2. The molecular formula is C24H27N5O10. The van der Waals surface area contributed by atoms with Crippen LogP contribution in [-0.2, 0) is 43.1 Å². The topological polar surface area (TPSA) is 209 Å². The Morgan fingerprint density at radius 2 is 1.72 bits per heavy atom. The summed E-state index contributed by atoms with van der Waals surface area (Å²) >= 11 is 0. The van der Waals surface area contributed by atoms with Crippen molar-refractivity contribution in [1.82, 2.24) is 14.9 Å². The van der Waals surface area contributed by atoms with Crippen LogP contribution in [0.2, 0.25) is 0 Å². The highest BCUT2D eigenvalue weighted by molar-refractivity contribution is 6.25. The smallest absolute Gasteiger partial charge is 0.404 e. The van der Waals surface area contributed by atoms with Gasteiger partial charge in [0.2, 0.25) is 17.5 Å². The Labute approximate surface area is 221 Å². The van der Waals surface area contributed by atoms with Gasteiger partial charge in [0.1, 0.15) is 12.6 Å². The third-order valence-corrected chi connectivity index (χ3v) is 7.95. The molecule has 0 aromatic carbocycles. The van der Waals surface area contributed by atoms with Crippen molar-refractivity contribution in [2.24, 2.45) is 17.4 Å². The van der Waals surface area contributed by atoms with Crippen LogP contribution < -0.4 is 11.5 Å². The van der Waals surface area contributed by atoms with E-state index in [0.717, 1.165) is 0 Å². The fourth-order valence-corrected chi connectivity index (χ4v) is 6.14. The third-order valence-electron chi connectivity index (χ3n) is 7.95. The summed E-state index contributed by atoms with van der Waals surface area (Å²) in [5.41, 5.74) is 9.77. The number of methoxy groups -OCH3 is 1. The van der Waals surface area contributed by atoms with Crippen molar-refractivity contribution in [1.29, 1.82) is 0 Å². The number of amides is 4. The number of rotatable bonds is 8. The van der Waals surface area contributed by atoms with Gasteiger partial charge in [-0.05, 0) is 13.3 Å². The second kappa shape index (κ2) is 9.18. The molecule has 0 unspecified atom stereocenters. The van der Waals surface area contributed by atoms with Crippen molar-refractivity contribution in [3.8, 4) is 0 Å². The molecular weight excluding hydrogens is 518 g/mol. The normalized spacial score (nSPS) is 29.2. The number of carbonyl (C=O) groups excluding carboxylic acids is 7. The SMILES string of the molecule is CO[C@@]12[C@H](COC(N)=O)C3=C(C(=O)C(C)=C(N)C3=O)N1C[C@H]1[C@@H]2N1C(=O)CCCC(=O)ON1C(=O)CCC1=O. The number of nitrogens with two attached hydrogens (primary N) is 2. The van der Waals surface area contributed by atoms with Gasteiger partial charge in [-0.2, -0.15) is 0 Å². The zero-order chi connectivity index (χ0) is 28.4. The first-order valence-corrected chi connectivity index (χ1v) is 12.4. The Morgan fingerprint density at radius 1 is 1.05 bits per heavy atom. The molecule has 4 N–H and O–H groups in total. The predicted octanol–water partition coefficient (Wildman–Crippen LogP) is -1.63. The van der Waals surface area contributed by atoms with E-state index in [1.54, 1.807) is 9.80 Å². The van der Waals surface area contributed by atoms with Crippen LogP contribution in [0.4, 0.5) is 4.79 Å². The standard InChI is InChI=1S/C24H27N5O10/c1-10-18(25)21(35)17-11(9-38-23(26)36)24(37-2)22-12(8-27(24)19(17)20(10)34)28(22)13(30)4-3-5-16(33)39-29-14(31)6-7-15(29)32/h11-12,22H,3-9,25H2,1-2H3,(H2,26,36)/t11-,12+,22+,24-,28?/m1/s1. The molecule has 1 aliphatic carbocycles. The van der Waals surface area contributed by atoms with Gasteiger partial charge in [-0.25, -0.2) is 9.59 Å². The number of carbonyl (C=O) groups is 7. The van der Waals surface area contributed by atoms with Crippen molar-refractivity contribution in [3.63, 3.8) is 0 Å². The van der Waals surface area contributed by atoms with Crippen molar-refractivity contribution in [2.45, 2.75) is 56.8 Å².